The molecule has 4 rings (SSSR count). The summed E-state index contributed by atoms with van der Waals surface area (Å²) in [7, 11) is 0. The van der Waals surface area contributed by atoms with Crippen molar-refractivity contribution < 1.29 is 4.79 Å². The van der Waals surface area contributed by atoms with Crippen LogP contribution in [0.3, 0.4) is 0 Å². The molecule has 2 unspecified atom stereocenters. The maximum atomic E-state index is 13.0. The zero-order valence-corrected chi connectivity index (χ0v) is 17.2. The van der Waals surface area contributed by atoms with Crippen LogP contribution >= 0.6 is 35.6 Å². The van der Waals surface area contributed by atoms with E-state index in [1.807, 2.05) is 35.2 Å². The highest BCUT2D eigenvalue weighted by atomic mass is 35.5. The van der Waals surface area contributed by atoms with Gasteiger partial charge in [-0.05, 0) is 42.0 Å². The summed E-state index contributed by atoms with van der Waals surface area (Å²) in [4.78, 5) is 15.0. The van der Waals surface area contributed by atoms with Gasteiger partial charge in [0.05, 0.1) is 10.0 Å². The Bertz CT molecular complexity index is 814. The normalized spacial score (nSPS) is 26.6. The van der Waals surface area contributed by atoms with Gasteiger partial charge in [-0.15, -0.1) is 12.4 Å². The Morgan fingerprint density at radius 1 is 1.04 bits per heavy atom. The van der Waals surface area contributed by atoms with Gasteiger partial charge in [0, 0.05) is 24.9 Å². The lowest BCUT2D eigenvalue weighted by Gasteiger charge is -2.17. The highest BCUT2D eigenvalue weighted by molar-refractivity contribution is 6.42. The summed E-state index contributed by atoms with van der Waals surface area (Å²) in [5, 5.41) is 1.13. The van der Waals surface area contributed by atoms with Gasteiger partial charge < -0.3 is 10.6 Å². The van der Waals surface area contributed by atoms with Gasteiger partial charge >= 0.3 is 0 Å². The molecule has 2 N–H and O–H groups in total. The van der Waals surface area contributed by atoms with Gasteiger partial charge in [0.15, 0.2) is 0 Å². The van der Waals surface area contributed by atoms with Crippen LogP contribution in [0.5, 0.6) is 0 Å². The molecular formula is C21H23Cl3N2O. The van der Waals surface area contributed by atoms with Crippen molar-refractivity contribution in [2.24, 2.45) is 17.6 Å². The van der Waals surface area contributed by atoms with E-state index >= 15 is 0 Å². The zero-order valence-electron chi connectivity index (χ0n) is 14.9. The van der Waals surface area contributed by atoms with Crippen molar-refractivity contribution >= 4 is 41.5 Å². The van der Waals surface area contributed by atoms with E-state index in [0.29, 0.717) is 28.4 Å². The number of amides is 1. The number of nitrogens with two attached hydrogens (primary N) is 1. The van der Waals surface area contributed by atoms with Crippen LogP contribution in [-0.2, 0) is 4.79 Å². The Balaban J connectivity index is 0.00000210. The van der Waals surface area contributed by atoms with Crippen molar-refractivity contribution in [3.8, 4) is 0 Å². The molecule has 0 bridgehead atoms. The van der Waals surface area contributed by atoms with Gasteiger partial charge in [-0.1, -0.05) is 65.7 Å². The second-order valence-corrected chi connectivity index (χ2v) is 8.13. The predicted molar refractivity (Wildman–Crippen MR) is 113 cm³/mol. The van der Waals surface area contributed by atoms with Crippen LogP contribution < -0.4 is 5.73 Å². The second kappa shape index (κ2) is 8.40. The van der Waals surface area contributed by atoms with E-state index in [2.05, 4.69) is 12.1 Å². The Labute approximate surface area is 176 Å². The topological polar surface area (TPSA) is 46.3 Å². The van der Waals surface area contributed by atoms with Crippen molar-refractivity contribution in [1.29, 1.82) is 0 Å². The minimum atomic E-state index is 0. The minimum Gasteiger partial charge on any atom is -0.341 e. The molecule has 1 aliphatic carbocycles. The van der Waals surface area contributed by atoms with E-state index in [0.717, 1.165) is 25.1 Å². The Kier molecular flexibility index (Phi) is 6.37. The van der Waals surface area contributed by atoms with Crippen LogP contribution in [0.1, 0.15) is 29.4 Å². The highest BCUT2D eigenvalue weighted by Gasteiger charge is 2.48. The molecule has 1 amide bonds. The van der Waals surface area contributed by atoms with Crippen LogP contribution in [-0.4, -0.2) is 30.4 Å². The van der Waals surface area contributed by atoms with E-state index in [9.17, 15) is 4.79 Å². The van der Waals surface area contributed by atoms with Crippen LogP contribution in [0, 0.1) is 11.8 Å². The largest absolute Gasteiger partial charge is 0.341 e. The zero-order chi connectivity index (χ0) is 18.3. The molecule has 27 heavy (non-hydrogen) atoms. The smallest absolute Gasteiger partial charge is 0.226 e. The lowest BCUT2D eigenvalue weighted by Crippen LogP contribution is -2.31. The third-order valence-corrected chi connectivity index (χ3v) is 6.61. The molecule has 0 radical (unpaired) electrons. The van der Waals surface area contributed by atoms with Gasteiger partial charge in [-0.25, -0.2) is 0 Å². The molecule has 1 saturated heterocycles. The Morgan fingerprint density at radius 3 is 2.48 bits per heavy atom. The summed E-state index contributed by atoms with van der Waals surface area (Å²) in [6.07, 6.45) is 0.846. The first-order chi connectivity index (χ1) is 12.6. The molecule has 1 aliphatic heterocycles. The van der Waals surface area contributed by atoms with Crippen LogP contribution in [0.2, 0.25) is 10.0 Å². The lowest BCUT2D eigenvalue weighted by molar-refractivity contribution is -0.131. The highest BCUT2D eigenvalue weighted by Crippen LogP contribution is 2.52. The van der Waals surface area contributed by atoms with Crippen LogP contribution in [0.15, 0.2) is 48.5 Å². The molecule has 1 saturated carbocycles. The molecule has 2 aromatic carbocycles. The fourth-order valence-corrected chi connectivity index (χ4v) is 4.67. The molecule has 0 aromatic heterocycles. The summed E-state index contributed by atoms with van der Waals surface area (Å²) in [5.74, 6) is 1.05. The number of halogens is 3. The number of likely N-dealkylation sites (tertiary alicyclic amines) is 1. The first-order valence-corrected chi connectivity index (χ1v) is 9.83. The molecule has 1 heterocycles. The molecule has 2 aliphatic rings. The number of nitrogens with zero attached hydrogens (tertiary/aromatic N) is 1. The average Bonchev–Trinajstić information content (AvgIpc) is 3.34. The van der Waals surface area contributed by atoms with Crippen molar-refractivity contribution in [3.63, 3.8) is 0 Å². The molecule has 0 spiro atoms. The van der Waals surface area contributed by atoms with Gasteiger partial charge in [0.25, 0.3) is 0 Å². The van der Waals surface area contributed by atoms with Gasteiger partial charge in [0.1, 0.15) is 0 Å². The molecule has 144 valence electrons. The third kappa shape index (κ3) is 3.97. The minimum absolute atomic E-state index is 0. The van der Waals surface area contributed by atoms with Crippen LogP contribution in [0.4, 0.5) is 0 Å². The van der Waals surface area contributed by atoms with Crippen molar-refractivity contribution in [1.82, 2.24) is 4.90 Å². The monoisotopic (exact) mass is 424 g/mol. The number of carbonyl (C=O) groups is 1. The Morgan fingerprint density at radius 2 is 1.78 bits per heavy atom. The lowest BCUT2D eigenvalue weighted by atomic mass is 9.89. The van der Waals surface area contributed by atoms with Crippen LogP contribution in [0.25, 0.3) is 0 Å². The molecule has 4 atom stereocenters. The van der Waals surface area contributed by atoms with E-state index in [4.69, 9.17) is 28.9 Å². The maximum absolute atomic E-state index is 13.0. The summed E-state index contributed by atoms with van der Waals surface area (Å²) in [6, 6.07) is 16.0. The molecular weight excluding hydrogens is 403 g/mol. The van der Waals surface area contributed by atoms with E-state index in [-0.39, 0.29) is 30.2 Å². The molecule has 2 fully saturated rings. The first kappa shape index (κ1) is 20.5. The van der Waals surface area contributed by atoms with Crippen molar-refractivity contribution in [3.05, 3.63) is 69.7 Å². The van der Waals surface area contributed by atoms with Gasteiger partial charge in [-0.3, -0.25) is 4.79 Å². The number of hydrogen-bond donors (Lipinski definition) is 1. The van der Waals surface area contributed by atoms with Crippen molar-refractivity contribution in [2.75, 3.05) is 19.6 Å². The quantitative estimate of drug-likeness (QED) is 0.770. The van der Waals surface area contributed by atoms with E-state index < -0.39 is 0 Å². The summed E-state index contributed by atoms with van der Waals surface area (Å²) in [5.41, 5.74) is 8.26. The standard InChI is InChI=1S/C21H22Cl2N2O.ClH/c22-19-8-4-7-15(20(19)23)16-9-17(16)21(26)25-11-14(10-24)18(12-25)13-5-2-1-3-6-13;/h1-8,14,16-18H,9-12,24H2;1H/t14-,16?,17?,18+;/m1./s1. The molecule has 2 aromatic rings. The number of hydrogen-bond acceptors (Lipinski definition) is 2. The van der Waals surface area contributed by atoms with Gasteiger partial charge in [0.2, 0.25) is 5.91 Å². The first-order valence-electron chi connectivity index (χ1n) is 9.08. The van der Waals surface area contributed by atoms with E-state index in [1.54, 1.807) is 6.07 Å². The summed E-state index contributed by atoms with van der Waals surface area (Å²) < 4.78 is 0. The fraction of sp³-hybridized carbons (Fsp3) is 0.381. The van der Waals surface area contributed by atoms with Crippen molar-refractivity contribution in [2.45, 2.75) is 18.3 Å². The number of rotatable bonds is 4. The Hall–Kier alpha value is -1.26. The molecule has 6 heteroatoms. The second-order valence-electron chi connectivity index (χ2n) is 7.35. The van der Waals surface area contributed by atoms with E-state index in [1.165, 1.54) is 5.56 Å². The average molecular weight is 426 g/mol. The summed E-state index contributed by atoms with van der Waals surface area (Å²) in [6.45, 7) is 2.08. The SMILES string of the molecule is Cl.NC[C@@H]1CN(C(=O)C2CC2c2cccc(Cl)c2Cl)C[C@H]1c1ccccc1. The van der Waals surface area contributed by atoms with Gasteiger partial charge in [-0.2, -0.15) is 0 Å². The number of benzene rings is 2. The maximum Gasteiger partial charge on any atom is 0.226 e. The predicted octanol–water partition coefficient (Wildman–Crippen LogP) is 4.72. The number of carbonyl (C=O) groups excluding carboxylic acids is 1. The summed E-state index contributed by atoms with van der Waals surface area (Å²) >= 11 is 12.5. The fourth-order valence-electron chi connectivity index (χ4n) is 4.22. The molecule has 3 nitrogen and oxygen atoms in total. The third-order valence-electron chi connectivity index (χ3n) is 5.77.